The lowest BCUT2D eigenvalue weighted by Gasteiger charge is -2.69. The first-order valence-corrected chi connectivity index (χ1v) is 21.7. The molecule has 60 heavy (non-hydrogen) atoms. The number of benzene rings is 1. The number of allylic oxidation sites excluding steroid dienone is 1. The number of aliphatic imine (C=N–C) groups is 1. The Balaban J connectivity index is 1.00. The summed E-state index contributed by atoms with van der Waals surface area (Å²) in [6.07, 6.45) is 9.18. The second-order valence-corrected chi connectivity index (χ2v) is 19.5. The topological polar surface area (TPSA) is 204 Å². The van der Waals surface area contributed by atoms with E-state index in [1.807, 2.05) is 18.7 Å². The average Bonchev–Trinajstić information content (AvgIpc) is 3.62. The summed E-state index contributed by atoms with van der Waals surface area (Å²) in [7, 11) is 0. The van der Waals surface area contributed by atoms with Crippen LogP contribution in [0.3, 0.4) is 0 Å². The van der Waals surface area contributed by atoms with Crippen molar-refractivity contribution >= 4 is 61.4 Å². The molecule has 4 aliphatic carbocycles. The zero-order valence-electron chi connectivity index (χ0n) is 34.9. The highest BCUT2D eigenvalue weighted by Crippen LogP contribution is 2.71. The first-order chi connectivity index (χ1) is 28.7. The fourth-order valence-corrected chi connectivity index (χ4v) is 12.6. The number of nitrogens with zero attached hydrogens (tertiary/aromatic N) is 6. The molecule has 4 fully saturated rings. The molecule has 16 heteroatoms. The fourth-order valence-electron chi connectivity index (χ4n) is 11.7. The van der Waals surface area contributed by atoms with E-state index in [0.29, 0.717) is 82.4 Å². The lowest BCUT2D eigenvalue weighted by molar-refractivity contribution is -0.241. The number of halogens is 1. The van der Waals surface area contributed by atoms with Crippen molar-refractivity contribution < 1.29 is 29.2 Å². The van der Waals surface area contributed by atoms with Crippen LogP contribution >= 0.6 is 11.3 Å². The number of anilines is 4. The van der Waals surface area contributed by atoms with Crippen molar-refractivity contribution in [2.75, 3.05) is 56.2 Å². The summed E-state index contributed by atoms with van der Waals surface area (Å²) >= 11 is 1.21. The molecule has 14 nitrogen and oxygen atoms in total. The SMILES string of the molecule is CC(=NCC12CC3(C)CC(C)(C1)CC(OCCNCC(CO)CO)(C3)C2)C(=CN)c1ccc(N2CCCc3c2nnc(Nc2nc4cccc(F)c4s2)c3C)nc1C(=O)O. The van der Waals surface area contributed by atoms with Gasteiger partial charge in [0.25, 0.3) is 0 Å². The maximum absolute atomic E-state index is 14.4. The van der Waals surface area contributed by atoms with Gasteiger partial charge in [0.05, 0.1) is 22.4 Å². The van der Waals surface area contributed by atoms with Crippen LogP contribution in [0, 0.1) is 34.9 Å². The van der Waals surface area contributed by atoms with Crippen molar-refractivity contribution in [2.24, 2.45) is 32.9 Å². The molecule has 0 spiro atoms. The normalized spacial score (nSPS) is 26.3. The van der Waals surface area contributed by atoms with E-state index in [1.165, 1.54) is 23.6 Å². The number of hydrogen-bond donors (Lipinski definition) is 6. The molecular formula is C44H56FN9O5S. The predicted molar refractivity (Wildman–Crippen MR) is 232 cm³/mol. The largest absolute Gasteiger partial charge is 0.476 e. The monoisotopic (exact) mass is 841 g/mol. The van der Waals surface area contributed by atoms with Gasteiger partial charge in [-0.05, 0) is 106 Å². The highest BCUT2D eigenvalue weighted by Gasteiger charge is 2.66. The van der Waals surface area contributed by atoms with Crippen LogP contribution in [0.15, 0.2) is 41.5 Å². The van der Waals surface area contributed by atoms with Crippen molar-refractivity contribution in [3.8, 4) is 0 Å². The third-order valence-corrected chi connectivity index (χ3v) is 14.1. The number of aliphatic hydroxyl groups is 2. The van der Waals surface area contributed by atoms with Gasteiger partial charge in [-0.2, -0.15) is 0 Å². The van der Waals surface area contributed by atoms with Gasteiger partial charge in [-0.3, -0.25) is 4.99 Å². The maximum Gasteiger partial charge on any atom is 0.355 e. The molecule has 4 heterocycles. The van der Waals surface area contributed by atoms with Crippen LogP contribution < -0.4 is 21.3 Å². The molecule has 5 aliphatic rings. The summed E-state index contributed by atoms with van der Waals surface area (Å²) in [5.41, 5.74) is 10.1. The second kappa shape index (κ2) is 16.3. The van der Waals surface area contributed by atoms with Crippen molar-refractivity contribution in [1.29, 1.82) is 0 Å². The van der Waals surface area contributed by atoms with Gasteiger partial charge in [-0.1, -0.05) is 31.3 Å². The Morgan fingerprint density at radius 2 is 1.85 bits per heavy atom. The summed E-state index contributed by atoms with van der Waals surface area (Å²) < 4.78 is 21.6. The van der Waals surface area contributed by atoms with Gasteiger partial charge in [0.1, 0.15) is 11.6 Å². The number of aromatic carboxylic acids is 1. The average molecular weight is 842 g/mol. The summed E-state index contributed by atoms with van der Waals surface area (Å²) in [6, 6.07) is 8.37. The Kier molecular flexibility index (Phi) is 11.5. The third kappa shape index (κ3) is 8.11. The molecule has 0 amide bonds. The smallest absolute Gasteiger partial charge is 0.355 e. The van der Waals surface area contributed by atoms with Crippen molar-refractivity contribution in [3.05, 3.63) is 64.7 Å². The number of carboxylic acid groups (broad SMARTS) is 1. The minimum Gasteiger partial charge on any atom is -0.476 e. The minimum absolute atomic E-state index is 0.0590. The summed E-state index contributed by atoms with van der Waals surface area (Å²) in [4.78, 5) is 29.2. The van der Waals surface area contributed by atoms with Gasteiger partial charge in [-0.25, -0.2) is 19.2 Å². The lowest BCUT2D eigenvalue weighted by atomic mass is 9.39. The van der Waals surface area contributed by atoms with Gasteiger partial charge >= 0.3 is 5.97 Å². The number of hydrogen-bond acceptors (Lipinski definition) is 14. The van der Waals surface area contributed by atoms with Crippen LogP contribution in [0.25, 0.3) is 15.8 Å². The highest BCUT2D eigenvalue weighted by atomic mass is 32.1. The molecular weight excluding hydrogens is 786 g/mol. The van der Waals surface area contributed by atoms with E-state index in [-0.39, 0.29) is 52.5 Å². The van der Waals surface area contributed by atoms with E-state index in [9.17, 15) is 24.5 Å². The van der Waals surface area contributed by atoms with Crippen molar-refractivity contribution in [3.63, 3.8) is 0 Å². The molecule has 4 aromatic rings. The minimum atomic E-state index is -1.18. The number of fused-ring (bicyclic) bond motifs is 2. The van der Waals surface area contributed by atoms with Crippen LogP contribution in [0.2, 0.25) is 0 Å². The van der Waals surface area contributed by atoms with Crippen LogP contribution in [-0.2, 0) is 11.2 Å². The van der Waals surface area contributed by atoms with Crippen LogP contribution in [0.5, 0.6) is 0 Å². The summed E-state index contributed by atoms with van der Waals surface area (Å²) in [6.45, 7) is 11.4. The van der Waals surface area contributed by atoms with E-state index in [1.54, 1.807) is 24.3 Å². The standard InChI is InChI=1S/C44H56FN9O5S/c1-26-29-7-6-13-54(38(29)53-52-37(26)51-40-49-33-9-5-8-32(45)36(33)60-40)34-11-10-30(35(50-34)39(57)58)31(15-46)27(2)48-25-43-20-41(3)19-42(4,21-43)23-44(22-41,24-43)59-14-12-47-16-28(17-55)18-56/h5,8-11,15,28,47,55-56H,6-7,12-14,16-25,46H2,1-4H3,(H,57,58)(H,49,51,52). The lowest BCUT2D eigenvalue weighted by Crippen LogP contribution is -2.64. The number of thiazole rings is 1. The third-order valence-electron chi connectivity index (χ3n) is 13.1. The second-order valence-electron chi connectivity index (χ2n) is 18.5. The first kappa shape index (κ1) is 42.1. The number of carbonyl (C=O) groups is 1. The molecule has 1 aliphatic heterocycles. The predicted octanol–water partition coefficient (Wildman–Crippen LogP) is 6.54. The van der Waals surface area contributed by atoms with E-state index in [2.05, 4.69) is 39.7 Å². The van der Waals surface area contributed by atoms with E-state index >= 15 is 0 Å². The molecule has 320 valence electrons. The van der Waals surface area contributed by atoms with Crippen LogP contribution in [0.4, 0.5) is 27.0 Å². The Labute approximate surface area is 353 Å². The van der Waals surface area contributed by atoms with Crippen LogP contribution in [0.1, 0.15) is 92.9 Å². The summed E-state index contributed by atoms with van der Waals surface area (Å²) in [5, 5.41) is 45.5. The Hall–Kier alpha value is -4.61. The quantitative estimate of drug-likeness (QED) is 0.0525. The number of ether oxygens (including phenoxy) is 1. The number of nitrogens with one attached hydrogen (secondary N) is 2. The van der Waals surface area contributed by atoms with E-state index < -0.39 is 5.97 Å². The number of aliphatic hydroxyl groups excluding tert-OH is 2. The van der Waals surface area contributed by atoms with Gasteiger partial charge in [0.2, 0.25) is 0 Å². The molecule has 4 saturated carbocycles. The van der Waals surface area contributed by atoms with E-state index in [0.717, 1.165) is 62.5 Å². The molecule has 9 rings (SSSR count). The van der Waals surface area contributed by atoms with Crippen LogP contribution in [-0.4, -0.2) is 98.8 Å². The number of rotatable bonds is 16. The molecule has 7 N–H and O–H groups in total. The van der Waals surface area contributed by atoms with Gasteiger partial charge in [0.15, 0.2) is 22.5 Å². The Morgan fingerprint density at radius 3 is 2.55 bits per heavy atom. The highest BCUT2D eigenvalue weighted by molar-refractivity contribution is 7.22. The molecule has 1 aromatic carbocycles. The number of aromatic nitrogens is 4. The number of pyridine rings is 1. The molecule has 0 saturated heterocycles. The van der Waals surface area contributed by atoms with E-state index in [4.69, 9.17) is 20.4 Å². The zero-order chi connectivity index (χ0) is 42.5. The Morgan fingerprint density at radius 1 is 1.08 bits per heavy atom. The summed E-state index contributed by atoms with van der Waals surface area (Å²) in [5.74, 6) is -0.112. The van der Waals surface area contributed by atoms with Gasteiger partial charge < -0.3 is 41.3 Å². The maximum atomic E-state index is 14.4. The molecule has 0 radical (unpaired) electrons. The number of nitrogens with two attached hydrogens (primary N) is 1. The van der Waals surface area contributed by atoms with Gasteiger partial charge in [-0.15, -0.1) is 10.2 Å². The Bertz CT molecular complexity index is 2330. The first-order valence-electron chi connectivity index (χ1n) is 20.9. The molecule has 2 atom stereocenters. The fraction of sp³-hybridized carbons (Fsp3) is 0.545. The van der Waals surface area contributed by atoms with Crippen molar-refractivity contribution in [1.82, 2.24) is 25.5 Å². The number of carboxylic acids is 1. The van der Waals surface area contributed by atoms with Crippen molar-refractivity contribution in [2.45, 2.75) is 84.7 Å². The molecule has 2 unspecified atom stereocenters. The molecule has 3 aromatic heterocycles. The molecule has 4 bridgehead atoms. The zero-order valence-corrected chi connectivity index (χ0v) is 35.7. The van der Waals surface area contributed by atoms with Gasteiger partial charge in [0, 0.05) is 79.5 Å².